The number of nitrogens with zero attached hydrogens (tertiary/aromatic N) is 2. The van der Waals surface area contributed by atoms with Crippen molar-refractivity contribution in [3.63, 3.8) is 0 Å². The van der Waals surface area contributed by atoms with Crippen molar-refractivity contribution in [2.45, 2.75) is 91.5 Å². The first-order valence-electron chi connectivity index (χ1n) is 12.1. The van der Waals surface area contributed by atoms with Crippen molar-refractivity contribution in [1.82, 2.24) is 9.80 Å². The van der Waals surface area contributed by atoms with E-state index in [0.717, 1.165) is 44.9 Å². The summed E-state index contributed by atoms with van der Waals surface area (Å²) in [5.41, 5.74) is 5.35. The molecule has 3 amide bonds. The first-order chi connectivity index (χ1) is 14.2. The predicted molar refractivity (Wildman–Crippen MR) is 119 cm³/mol. The molecule has 0 bridgehead atoms. The zero-order valence-corrected chi connectivity index (χ0v) is 19.6. The van der Waals surface area contributed by atoms with E-state index in [9.17, 15) is 14.4 Å². The monoisotopic (exact) mass is 421 g/mol. The van der Waals surface area contributed by atoms with Crippen LogP contribution in [0, 0.1) is 23.7 Å². The van der Waals surface area contributed by atoms with Gasteiger partial charge in [-0.3, -0.25) is 14.4 Å². The average Bonchev–Trinajstić information content (AvgIpc) is 2.69. The van der Waals surface area contributed by atoms with Crippen molar-refractivity contribution in [1.29, 1.82) is 0 Å². The quantitative estimate of drug-likeness (QED) is 0.650. The van der Waals surface area contributed by atoms with Gasteiger partial charge in [-0.1, -0.05) is 47.0 Å². The standard InChI is InChI=1S/C24H43N3O3/c1-5-18(4)20-9-7-6-8-12-27(23(20)29)21(15-17(2)3)24(30)26-13-10-19(11-14-26)16-22(25)28/h17-21H,5-16H2,1-4H3,(H2,25,28)/t18-,20-,21-/m0/s1. The van der Waals surface area contributed by atoms with Gasteiger partial charge in [0.05, 0.1) is 0 Å². The number of rotatable bonds is 8. The van der Waals surface area contributed by atoms with Crippen LogP contribution >= 0.6 is 0 Å². The zero-order chi connectivity index (χ0) is 22.3. The van der Waals surface area contributed by atoms with Crippen LogP contribution in [0.25, 0.3) is 0 Å². The van der Waals surface area contributed by atoms with Crippen LogP contribution in [-0.2, 0) is 14.4 Å². The second kappa shape index (κ2) is 11.7. The third-order valence-corrected chi connectivity index (χ3v) is 7.12. The van der Waals surface area contributed by atoms with E-state index in [1.54, 1.807) is 0 Å². The Labute approximate surface area is 182 Å². The molecule has 0 aliphatic carbocycles. The van der Waals surface area contributed by atoms with Crippen LogP contribution in [0.1, 0.15) is 85.5 Å². The van der Waals surface area contributed by atoms with Crippen LogP contribution in [0.15, 0.2) is 0 Å². The van der Waals surface area contributed by atoms with Gasteiger partial charge in [-0.15, -0.1) is 0 Å². The van der Waals surface area contributed by atoms with Crippen LogP contribution < -0.4 is 5.73 Å². The lowest BCUT2D eigenvalue weighted by atomic mass is 9.84. The summed E-state index contributed by atoms with van der Waals surface area (Å²) in [5, 5.41) is 0. The summed E-state index contributed by atoms with van der Waals surface area (Å²) in [7, 11) is 0. The molecule has 0 aromatic heterocycles. The molecule has 0 unspecified atom stereocenters. The van der Waals surface area contributed by atoms with E-state index in [4.69, 9.17) is 5.73 Å². The van der Waals surface area contributed by atoms with Gasteiger partial charge >= 0.3 is 0 Å². The molecule has 2 saturated heterocycles. The lowest BCUT2D eigenvalue weighted by Crippen LogP contribution is -2.55. The van der Waals surface area contributed by atoms with Gasteiger partial charge < -0.3 is 15.5 Å². The number of likely N-dealkylation sites (tertiary alicyclic amines) is 2. The highest BCUT2D eigenvalue weighted by Crippen LogP contribution is 2.30. The molecule has 0 spiro atoms. The molecule has 3 atom stereocenters. The fourth-order valence-corrected chi connectivity index (χ4v) is 5.05. The number of hydrogen-bond acceptors (Lipinski definition) is 3. The second-order valence-corrected chi connectivity index (χ2v) is 9.96. The molecule has 0 radical (unpaired) electrons. The highest BCUT2D eigenvalue weighted by atomic mass is 16.2. The van der Waals surface area contributed by atoms with Gasteiger partial charge in [0, 0.05) is 32.0 Å². The summed E-state index contributed by atoms with van der Waals surface area (Å²) in [5.74, 6) is 1.00. The van der Waals surface area contributed by atoms with E-state index >= 15 is 0 Å². The van der Waals surface area contributed by atoms with Crippen LogP contribution in [0.3, 0.4) is 0 Å². The Morgan fingerprint density at radius 1 is 1.03 bits per heavy atom. The number of nitrogens with two attached hydrogens (primary N) is 1. The summed E-state index contributed by atoms with van der Waals surface area (Å²) < 4.78 is 0. The average molecular weight is 422 g/mol. The lowest BCUT2D eigenvalue weighted by molar-refractivity contribution is -0.151. The molecule has 2 N–H and O–H groups in total. The van der Waals surface area contributed by atoms with Crippen molar-refractivity contribution >= 4 is 17.7 Å². The number of hydrogen-bond donors (Lipinski definition) is 1. The normalized spacial score (nSPS) is 23.8. The number of piperidine rings is 1. The van der Waals surface area contributed by atoms with Gasteiger partial charge in [-0.2, -0.15) is 0 Å². The van der Waals surface area contributed by atoms with Crippen molar-refractivity contribution < 1.29 is 14.4 Å². The van der Waals surface area contributed by atoms with Gasteiger partial charge in [0.25, 0.3) is 0 Å². The molecule has 0 saturated carbocycles. The van der Waals surface area contributed by atoms with Crippen molar-refractivity contribution in [3.8, 4) is 0 Å². The van der Waals surface area contributed by atoms with Crippen molar-refractivity contribution in [3.05, 3.63) is 0 Å². The van der Waals surface area contributed by atoms with Crippen LogP contribution in [0.5, 0.6) is 0 Å². The number of carbonyl (C=O) groups is 3. The summed E-state index contributed by atoms with van der Waals surface area (Å²) in [6, 6.07) is -0.366. The molecule has 0 aromatic rings. The molecule has 2 aliphatic heterocycles. The van der Waals surface area contributed by atoms with E-state index < -0.39 is 0 Å². The Morgan fingerprint density at radius 2 is 1.70 bits per heavy atom. The molecule has 2 aliphatic rings. The van der Waals surface area contributed by atoms with E-state index in [-0.39, 0.29) is 35.6 Å². The van der Waals surface area contributed by atoms with Gasteiger partial charge in [0.2, 0.25) is 17.7 Å². The summed E-state index contributed by atoms with van der Waals surface area (Å²) in [6.45, 7) is 10.6. The van der Waals surface area contributed by atoms with Gasteiger partial charge in [0.15, 0.2) is 0 Å². The third kappa shape index (κ3) is 6.71. The van der Waals surface area contributed by atoms with Crippen molar-refractivity contribution in [2.24, 2.45) is 29.4 Å². The van der Waals surface area contributed by atoms with Gasteiger partial charge in [0.1, 0.15) is 6.04 Å². The molecular weight excluding hydrogens is 378 g/mol. The Kier molecular flexibility index (Phi) is 9.63. The Bertz CT molecular complexity index is 584. The molecule has 30 heavy (non-hydrogen) atoms. The zero-order valence-electron chi connectivity index (χ0n) is 19.6. The maximum absolute atomic E-state index is 13.6. The SMILES string of the molecule is CC[C@H](C)[C@@H]1CCCCCN([C@@H](CC(C)C)C(=O)N2CCC(CC(N)=O)CC2)C1=O. The summed E-state index contributed by atoms with van der Waals surface area (Å²) >= 11 is 0. The fraction of sp³-hybridized carbons (Fsp3) is 0.875. The van der Waals surface area contributed by atoms with E-state index in [1.165, 1.54) is 0 Å². The van der Waals surface area contributed by atoms with Crippen LogP contribution in [0.2, 0.25) is 0 Å². The van der Waals surface area contributed by atoms with Gasteiger partial charge in [-0.05, 0) is 49.9 Å². The molecule has 2 heterocycles. The number of amides is 3. The number of primary amides is 1. The maximum atomic E-state index is 13.6. The summed E-state index contributed by atoms with van der Waals surface area (Å²) in [4.78, 5) is 42.3. The molecular formula is C24H43N3O3. The second-order valence-electron chi connectivity index (χ2n) is 9.96. The van der Waals surface area contributed by atoms with E-state index in [2.05, 4.69) is 27.7 Å². The fourth-order valence-electron chi connectivity index (χ4n) is 5.05. The first kappa shape index (κ1) is 24.7. The Morgan fingerprint density at radius 3 is 2.27 bits per heavy atom. The van der Waals surface area contributed by atoms with Crippen molar-refractivity contribution in [2.75, 3.05) is 19.6 Å². The molecule has 2 rings (SSSR count). The lowest BCUT2D eigenvalue weighted by Gasteiger charge is -2.41. The third-order valence-electron chi connectivity index (χ3n) is 7.12. The van der Waals surface area contributed by atoms with Crippen LogP contribution in [0.4, 0.5) is 0 Å². The highest BCUT2D eigenvalue weighted by molar-refractivity contribution is 5.89. The minimum absolute atomic E-state index is 0.0269. The minimum Gasteiger partial charge on any atom is -0.370 e. The van der Waals surface area contributed by atoms with E-state index in [1.807, 2.05) is 9.80 Å². The predicted octanol–water partition coefficient (Wildman–Crippen LogP) is 3.58. The molecule has 2 fully saturated rings. The van der Waals surface area contributed by atoms with Crippen LogP contribution in [-0.4, -0.2) is 53.2 Å². The highest BCUT2D eigenvalue weighted by Gasteiger charge is 2.38. The Hall–Kier alpha value is -1.59. The number of carbonyl (C=O) groups excluding carboxylic acids is 3. The summed E-state index contributed by atoms with van der Waals surface area (Å²) in [6.07, 6.45) is 7.85. The molecule has 172 valence electrons. The van der Waals surface area contributed by atoms with E-state index in [0.29, 0.717) is 44.3 Å². The minimum atomic E-state index is -0.366. The molecule has 6 nitrogen and oxygen atoms in total. The maximum Gasteiger partial charge on any atom is 0.245 e. The smallest absolute Gasteiger partial charge is 0.245 e. The topological polar surface area (TPSA) is 83.7 Å². The largest absolute Gasteiger partial charge is 0.370 e. The molecule has 6 heteroatoms. The molecule has 0 aromatic carbocycles. The Balaban J connectivity index is 2.17. The van der Waals surface area contributed by atoms with Gasteiger partial charge in [-0.25, -0.2) is 0 Å². The first-order valence-corrected chi connectivity index (χ1v) is 12.1.